The molecule has 2 unspecified atom stereocenters. The van der Waals surface area contributed by atoms with Gasteiger partial charge < -0.3 is 20.1 Å². The summed E-state index contributed by atoms with van der Waals surface area (Å²) in [5, 5.41) is 14.4. The summed E-state index contributed by atoms with van der Waals surface area (Å²) in [6.07, 6.45) is 2.34. The molecule has 3 rings (SSSR count). The molecule has 1 fully saturated rings. The van der Waals surface area contributed by atoms with Gasteiger partial charge >= 0.3 is 5.97 Å². The number of guanidine groups is 1. The zero-order chi connectivity index (χ0) is 19.7. The topological polar surface area (TPSA) is 74.2 Å². The molecule has 1 aromatic carbocycles. The zero-order valence-electron chi connectivity index (χ0n) is 16.8. The van der Waals surface area contributed by atoms with E-state index in [2.05, 4.69) is 21.3 Å². The first-order valence-electron chi connectivity index (χ1n) is 9.71. The molecule has 6 nitrogen and oxygen atoms in total. The van der Waals surface area contributed by atoms with Crippen molar-refractivity contribution in [3.63, 3.8) is 0 Å². The maximum absolute atomic E-state index is 12.3. The van der Waals surface area contributed by atoms with E-state index in [0.717, 1.165) is 30.9 Å². The fraction of sp³-hybridized carbons (Fsp3) is 0.619. The number of carbonyl (C=O) groups excluding carboxylic acids is 1. The average molecular weight is 373 g/mol. The van der Waals surface area contributed by atoms with Crippen LogP contribution in [0.4, 0.5) is 0 Å². The number of aryl methyl sites for hydroxylation is 1. The second-order valence-corrected chi connectivity index (χ2v) is 8.55. The Kier molecular flexibility index (Phi) is 5.47. The lowest BCUT2D eigenvalue weighted by atomic mass is 9.96. The summed E-state index contributed by atoms with van der Waals surface area (Å²) < 4.78 is 5.51. The Labute approximate surface area is 161 Å². The molecule has 1 heterocycles. The third kappa shape index (κ3) is 4.43. The van der Waals surface area contributed by atoms with Crippen LogP contribution in [0.3, 0.4) is 0 Å². The lowest BCUT2D eigenvalue weighted by Crippen LogP contribution is -2.46. The van der Waals surface area contributed by atoms with Gasteiger partial charge in [-0.2, -0.15) is 0 Å². The Hall–Kier alpha value is -2.08. The van der Waals surface area contributed by atoms with Gasteiger partial charge in [-0.3, -0.25) is 9.79 Å². The average Bonchev–Trinajstić information content (AvgIpc) is 3.21. The number of ether oxygens (including phenoxy) is 1. The van der Waals surface area contributed by atoms with E-state index in [1.54, 1.807) is 7.05 Å². The lowest BCUT2D eigenvalue weighted by Gasteiger charge is -2.28. The number of nitrogens with one attached hydrogen (secondary N) is 1. The molecule has 0 spiro atoms. The van der Waals surface area contributed by atoms with E-state index in [1.807, 2.05) is 39.0 Å². The Morgan fingerprint density at radius 2 is 2.15 bits per heavy atom. The lowest BCUT2D eigenvalue weighted by molar-refractivity contribution is -0.159. The van der Waals surface area contributed by atoms with Crippen LogP contribution in [-0.2, 0) is 21.6 Å². The summed E-state index contributed by atoms with van der Waals surface area (Å²) in [5.74, 6) is 0.431. The summed E-state index contributed by atoms with van der Waals surface area (Å²) in [7, 11) is 1.73. The highest BCUT2D eigenvalue weighted by Gasteiger charge is 2.38. The molecule has 6 heteroatoms. The molecule has 2 N–H and O–H groups in total. The number of aliphatic hydroxyl groups is 1. The number of rotatable bonds is 3. The highest BCUT2D eigenvalue weighted by Crippen LogP contribution is 2.36. The molecular weight excluding hydrogens is 342 g/mol. The minimum Gasteiger partial charge on any atom is -0.460 e. The Morgan fingerprint density at radius 1 is 1.41 bits per heavy atom. The van der Waals surface area contributed by atoms with E-state index in [0.29, 0.717) is 19.5 Å². The molecule has 0 bridgehead atoms. The Balaban J connectivity index is 1.59. The number of likely N-dealkylation sites (tertiary alicyclic amines) is 1. The molecule has 27 heavy (non-hydrogen) atoms. The van der Waals surface area contributed by atoms with Gasteiger partial charge in [0.1, 0.15) is 11.2 Å². The van der Waals surface area contributed by atoms with Crippen molar-refractivity contribution in [1.82, 2.24) is 10.2 Å². The standard InChI is InChI=1S/C21H31N3O3/c1-20(2,3)27-18(25)16-10-12-24(13-16)19(22-4)23-14-21(26)11-9-15-7-5-6-8-17(15)21/h5-8,16,26H,9-14H2,1-4H3,(H,22,23). The molecular formula is C21H31N3O3. The number of fused-ring (bicyclic) bond motifs is 1. The van der Waals surface area contributed by atoms with Crippen LogP contribution in [0.15, 0.2) is 29.3 Å². The molecule has 0 aromatic heterocycles. The van der Waals surface area contributed by atoms with Gasteiger partial charge in [-0.15, -0.1) is 0 Å². The maximum atomic E-state index is 12.3. The molecule has 2 atom stereocenters. The normalized spacial score (nSPS) is 25.4. The van der Waals surface area contributed by atoms with Gasteiger partial charge in [0.25, 0.3) is 0 Å². The van der Waals surface area contributed by atoms with Gasteiger partial charge in [-0.1, -0.05) is 24.3 Å². The molecule has 0 amide bonds. The van der Waals surface area contributed by atoms with Crippen LogP contribution < -0.4 is 5.32 Å². The SMILES string of the molecule is CN=C(NCC1(O)CCc2ccccc21)N1CCC(C(=O)OC(C)(C)C)C1. The number of aliphatic imine (C=N–C) groups is 1. The quantitative estimate of drug-likeness (QED) is 0.482. The van der Waals surface area contributed by atoms with Gasteiger partial charge in [0.05, 0.1) is 12.5 Å². The predicted molar refractivity (Wildman–Crippen MR) is 106 cm³/mol. The first kappa shape index (κ1) is 19.7. The second kappa shape index (κ2) is 7.50. The summed E-state index contributed by atoms with van der Waals surface area (Å²) in [5.41, 5.74) is 0.865. The molecule has 1 aliphatic heterocycles. The van der Waals surface area contributed by atoms with Crippen LogP contribution in [0.1, 0.15) is 44.7 Å². The van der Waals surface area contributed by atoms with Crippen molar-refractivity contribution in [1.29, 1.82) is 0 Å². The number of nitrogens with zero attached hydrogens (tertiary/aromatic N) is 2. The van der Waals surface area contributed by atoms with E-state index in [-0.39, 0.29) is 11.9 Å². The number of carbonyl (C=O) groups is 1. The molecule has 2 aliphatic rings. The molecule has 1 aromatic rings. The molecule has 0 saturated carbocycles. The highest BCUT2D eigenvalue weighted by molar-refractivity contribution is 5.82. The predicted octanol–water partition coefficient (Wildman–Crippen LogP) is 2.06. The van der Waals surface area contributed by atoms with Crippen LogP contribution >= 0.6 is 0 Å². The largest absolute Gasteiger partial charge is 0.460 e. The van der Waals surface area contributed by atoms with Crippen molar-refractivity contribution in [2.75, 3.05) is 26.7 Å². The Morgan fingerprint density at radius 3 is 2.85 bits per heavy atom. The van der Waals surface area contributed by atoms with Crippen LogP contribution in [-0.4, -0.2) is 54.2 Å². The molecule has 0 radical (unpaired) electrons. The highest BCUT2D eigenvalue weighted by atomic mass is 16.6. The zero-order valence-corrected chi connectivity index (χ0v) is 16.8. The van der Waals surface area contributed by atoms with Crippen molar-refractivity contribution < 1.29 is 14.6 Å². The van der Waals surface area contributed by atoms with Crippen LogP contribution in [0.2, 0.25) is 0 Å². The van der Waals surface area contributed by atoms with Gasteiger partial charge in [-0.05, 0) is 51.2 Å². The summed E-state index contributed by atoms with van der Waals surface area (Å²) in [6.45, 7) is 7.40. The maximum Gasteiger partial charge on any atom is 0.311 e. The van der Waals surface area contributed by atoms with Crippen molar-refractivity contribution in [3.8, 4) is 0 Å². The van der Waals surface area contributed by atoms with Crippen LogP contribution in [0, 0.1) is 5.92 Å². The molecule has 1 saturated heterocycles. The molecule has 148 valence electrons. The minimum atomic E-state index is -0.878. The third-order valence-electron chi connectivity index (χ3n) is 5.31. The first-order chi connectivity index (χ1) is 12.7. The number of benzene rings is 1. The fourth-order valence-corrected chi connectivity index (χ4v) is 3.94. The van der Waals surface area contributed by atoms with Crippen molar-refractivity contribution in [3.05, 3.63) is 35.4 Å². The van der Waals surface area contributed by atoms with Gasteiger partial charge in [0, 0.05) is 20.1 Å². The van der Waals surface area contributed by atoms with E-state index in [4.69, 9.17) is 4.74 Å². The van der Waals surface area contributed by atoms with E-state index < -0.39 is 11.2 Å². The van der Waals surface area contributed by atoms with Crippen LogP contribution in [0.5, 0.6) is 0 Å². The minimum absolute atomic E-state index is 0.141. The summed E-state index contributed by atoms with van der Waals surface area (Å²) >= 11 is 0. The van der Waals surface area contributed by atoms with Crippen molar-refractivity contribution in [2.45, 2.75) is 51.2 Å². The van der Waals surface area contributed by atoms with E-state index in [9.17, 15) is 9.90 Å². The number of esters is 1. The second-order valence-electron chi connectivity index (χ2n) is 8.55. The van der Waals surface area contributed by atoms with Crippen molar-refractivity contribution >= 4 is 11.9 Å². The van der Waals surface area contributed by atoms with Crippen molar-refractivity contribution in [2.24, 2.45) is 10.9 Å². The summed E-state index contributed by atoms with van der Waals surface area (Å²) in [6, 6.07) is 8.06. The van der Waals surface area contributed by atoms with Crippen LogP contribution in [0.25, 0.3) is 0 Å². The smallest absolute Gasteiger partial charge is 0.311 e. The number of hydrogen-bond acceptors (Lipinski definition) is 4. The van der Waals surface area contributed by atoms with E-state index in [1.165, 1.54) is 5.56 Å². The first-order valence-corrected chi connectivity index (χ1v) is 9.71. The Bertz CT molecular complexity index is 726. The van der Waals surface area contributed by atoms with Gasteiger partial charge in [0.2, 0.25) is 0 Å². The van der Waals surface area contributed by atoms with E-state index >= 15 is 0 Å². The third-order valence-corrected chi connectivity index (χ3v) is 5.31. The van der Waals surface area contributed by atoms with Gasteiger partial charge in [-0.25, -0.2) is 0 Å². The molecule has 1 aliphatic carbocycles. The summed E-state index contributed by atoms with van der Waals surface area (Å²) in [4.78, 5) is 18.7. The monoisotopic (exact) mass is 373 g/mol. The van der Waals surface area contributed by atoms with Gasteiger partial charge in [0.15, 0.2) is 5.96 Å². The fourth-order valence-electron chi connectivity index (χ4n) is 3.94. The number of hydrogen-bond donors (Lipinski definition) is 2.